The van der Waals surface area contributed by atoms with E-state index in [-0.39, 0.29) is 11.9 Å². The largest absolute Gasteiger partial charge is 0.346 e. The lowest BCUT2D eigenvalue weighted by Crippen LogP contribution is -2.57. The minimum atomic E-state index is 0.154. The average molecular weight is 490 g/mol. The van der Waals surface area contributed by atoms with Gasteiger partial charge in [0, 0.05) is 36.6 Å². The lowest BCUT2D eigenvalue weighted by molar-refractivity contribution is -0.122. The van der Waals surface area contributed by atoms with Crippen LogP contribution < -0.4 is 4.90 Å². The molecule has 0 radical (unpaired) electrons. The first-order valence-electron chi connectivity index (χ1n) is 12.8. The fourth-order valence-electron chi connectivity index (χ4n) is 5.00. The number of nitrogens with one attached hydrogen (secondary N) is 1. The highest BCUT2D eigenvalue weighted by atomic mass is 16.2. The smallest absolute Gasteiger partial charge is 0.241 e. The highest BCUT2D eigenvalue weighted by Crippen LogP contribution is 2.22. The van der Waals surface area contributed by atoms with Crippen molar-refractivity contribution in [2.45, 2.75) is 31.7 Å². The van der Waals surface area contributed by atoms with Gasteiger partial charge in [0.05, 0.1) is 18.2 Å². The molecule has 0 spiro atoms. The minimum absolute atomic E-state index is 0.154. The molecule has 1 saturated heterocycles. The lowest BCUT2D eigenvalue weighted by Gasteiger charge is -2.41. The maximum Gasteiger partial charge on any atom is 0.241 e. The second-order valence-electron chi connectivity index (χ2n) is 9.60. The summed E-state index contributed by atoms with van der Waals surface area (Å²) in [6.45, 7) is 1.98. The number of hydrogen-bond donors (Lipinski definition) is 1. The van der Waals surface area contributed by atoms with Crippen LogP contribution in [-0.2, 0) is 24.1 Å². The predicted octanol–water partition coefficient (Wildman–Crippen LogP) is 4.76. The number of aromatic amines is 1. The highest BCUT2D eigenvalue weighted by molar-refractivity contribution is 5.95. The number of nitrogens with zero attached hydrogens (tertiary/aromatic N) is 4. The van der Waals surface area contributed by atoms with Gasteiger partial charge in [-0.05, 0) is 61.2 Å². The van der Waals surface area contributed by atoms with Crippen LogP contribution in [0.5, 0.6) is 0 Å². The Hall–Kier alpha value is -4.21. The number of carbonyl (C=O) groups is 1. The van der Waals surface area contributed by atoms with E-state index in [4.69, 9.17) is 5.26 Å². The first kappa shape index (κ1) is 24.5. The van der Waals surface area contributed by atoms with Crippen molar-refractivity contribution in [3.63, 3.8) is 0 Å². The molecule has 1 N–H and O–H groups in total. The van der Waals surface area contributed by atoms with Crippen molar-refractivity contribution >= 4 is 11.6 Å². The van der Waals surface area contributed by atoms with Gasteiger partial charge in [0.2, 0.25) is 5.91 Å². The highest BCUT2D eigenvalue weighted by Gasteiger charge is 2.32. The molecule has 1 aliphatic heterocycles. The average Bonchev–Trinajstić information content (AvgIpc) is 3.38. The van der Waals surface area contributed by atoms with Gasteiger partial charge in [-0.1, -0.05) is 60.7 Å². The van der Waals surface area contributed by atoms with E-state index >= 15 is 0 Å². The van der Waals surface area contributed by atoms with E-state index in [1.54, 1.807) is 0 Å². The van der Waals surface area contributed by atoms with E-state index in [1.165, 1.54) is 5.56 Å². The quantitative estimate of drug-likeness (QED) is 0.368. The number of piperazine rings is 1. The number of carbonyl (C=O) groups excluding carboxylic acids is 1. The Kier molecular flexibility index (Phi) is 7.73. The van der Waals surface area contributed by atoms with Crippen LogP contribution in [0.3, 0.4) is 0 Å². The standard InChI is InChI=1S/C31H31N5O/c32-20-26-15-13-25(14-16-26)19-30-33-21-27(34-30)10-7-17-35-23-31(37)36(28-11-5-2-6-12-28)22-29(35)18-24-8-3-1-4-9-24/h1-6,8-9,11-16,21,29H,7,10,17-19,22-23H2,(H,33,34)/t29-/m0/s1. The van der Waals surface area contributed by atoms with Crippen LogP contribution in [0.2, 0.25) is 0 Å². The van der Waals surface area contributed by atoms with Gasteiger partial charge in [0.15, 0.2) is 0 Å². The number of nitriles is 1. The third-order valence-electron chi connectivity index (χ3n) is 6.96. The zero-order chi connectivity index (χ0) is 25.5. The maximum atomic E-state index is 13.1. The Morgan fingerprint density at radius 1 is 0.946 bits per heavy atom. The number of anilines is 1. The van der Waals surface area contributed by atoms with Crippen LogP contribution in [-0.4, -0.2) is 46.5 Å². The zero-order valence-corrected chi connectivity index (χ0v) is 20.9. The maximum absolute atomic E-state index is 13.1. The molecule has 0 unspecified atom stereocenters. The number of imidazole rings is 1. The summed E-state index contributed by atoms with van der Waals surface area (Å²) in [5.41, 5.74) is 5.16. The molecule has 1 atom stereocenters. The molecule has 186 valence electrons. The fraction of sp³-hybridized carbons (Fsp3) is 0.258. The molecule has 1 fully saturated rings. The van der Waals surface area contributed by atoms with Crippen molar-refractivity contribution in [3.05, 3.63) is 119 Å². The Morgan fingerprint density at radius 3 is 2.41 bits per heavy atom. The van der Waals surface area contributed by atoms with Gasteiger partial charge >= 0.3 is 0 Å². The molecule has 0 aliphatic carbocycles. The molecule has 3 aromatic carbocycles. The van der Waals surface area contributed by atoms with Gasteiger partial charge in [-0.3, -0.25) is 9.69 Å². The summed E-state index contributed by atoms with van der Waals surface area (Å²) < 4.78 is 0. The molecule has 2 heterocycles. The van der Waals surface area contributed by atoms with Gasteiger partial charge in [0.1, 0.15) is 5.82 Å². The van der Waals surface area contributed by atoms with Crippen LogP contribution in [0.1, 0.15) is 34.6 Å². The minimum Gasteiger partial charge on any atom is -0.346 e. The van der Waals surface area contributed by atoms with E-state index in [1.807, 2.05) is 71.8 Å². The predicted molar refractivity (Wildman–Crippen MR) is 145 cm³/mol. The van der Waals surface area contributed by atoms with Gasteiger partial charge in [-0.25, -0.2) is 4.98 Å². The second-order valence-corrected chi connectivity index (χ2v) is 9.60. The Morgan fingerprint density at radius 2 is 1.68 bits per heavy atom. The van der Waals surface area contributed by atoms with Crippen molar-refractivity contribution in [1.29, 1.82) is 5.26 Å². The van der Waals surface area contributed by atoms with Crippen molar-refractivity contribution in [2.24, 2.45) is 0 Å². The SMILES string of the molecule is N#Cc1ccc(Cc2ncc(CCCN3CC(=O)N(c4ccccc4)C[C@@H]3Cc3ccccc3)[nH]2)cc1. The number of aryl methyl sites for hydroxylation is 1. The summed E-state index contributed by atoms with van der Waals surface area (Å²) in [6, 6.07) is 30.6. The van der Waals surface area contributed by atoms with Gasteiger partial charge in [-0.2, -0.15) is 5.26 Å². The number of H-pyrrole nitrogens is 1. The molecule has 37 heavy (non-hydrogen) atoms. The number of aromatic nitrogens is 2. The van der Waals surface area contributed by atoms with E-state index in [0.29, 0.717) is 25.1 Å². The van der Waals surface area contributed by atoms with Gasteiger partial charge in [-0.15, -0.1) is 0 Å². The molecule has 4 aromatic rings. The molecule has 6 heteroatoms. The normalized spacial score (nSPS) is 16.0. The van der Waals surface area contributed by atoms with Gasteiger partial charge in [0.25, 0.3) is 0 Å². The van der Waals surface area contributed by atoms with Crippen LogP contribution in [0.15, 0.2) is 91.1 Å². The molecule has 1 amide bonds. The number of hydrogen-bond acceptors (Lipinski definition) is 4. The summed E-state index contributed by atoms with van der Waals surface area (Å²) in [7, 11) is 0. The fourth-order valence-corrected chi connectivity index (χ4v) is 5.00. The third kappa shape index (κ3) is 6.32. The Labute approximate surface area is 218 Å². The summed E-state index contributed by atoms with van der Waals surface area (Å²) in [5, 5.41) is 8.98. The molecular weight excluding hydrogens is 458 g/mol. The molecule has 0 saturated carbocycles. The summed E-state index contributed by atoms with van der Waals surface area (Å²) in [6.07, 6.45) is 5.36. The zero-order valence-electron chi connectivity index (χ0n) is 20.9. The molecule has 1 aliphatic rings. The van der Waals surface area contributed by atoms with Crippen molar-refractivity contribution in [2.75, 3.05) is 24.5 Å². The van der Waals surface area contributed by atoms with Crippen molar-refractivity contribution in [3.8, 4) is 6.07 Å². The summed E-state index contributed by atoms with van der Waals surface area (Å²) in [5.74, 6) is 1.08. The molecular formula is C31H31N5O. The molecule has 5 rings (SSSR count). The second kappa shape index (κ2) is 11.7. The van der Waals surface area contributed by atoms with E-state index < -0.39 is 0 Å². The number of rotatable bonds is 9. The van der Waals surface area contributed by atoms with Crippen molar-refractivity contribution in [1.82, 2.24) is 14.9 Å². The number of para-hydroxylation sites is 1. The van der Waals surface area contributed by atoms with Crippen molar-refractivity contribution < 1.29 is 4.79 Å². The van der Waals surface area contributed by atoms with E-state index in [2.05, 4.69) is 45.2 Å². The van der Waals surface area contributed by atoms with Crippen LogP contribution >= 0.6 is 0 Å². The van der Waals surface area contributed by atoms with Gasteiger partial charge < -0.3 is 9.88 Å². The monoisotopic (exact) mass is 489 g/mol. The third-order valence-corrected chi connectivity index (χ3v) is 6.96. The molecule has 0 bridgehead atoms. The van der Waals surface area contributed by atoms with Crippen LogP contribution in [0, 0.1) is 11.3 Å². The van der Waals surface area contributed by atoms with E-state index in [9.17, 15) is 4.79 Å². The Bertz CT molecular complexity index is 1340. The molecule has 1 aromatic heterocycles. The van der Waals surface area contributed by atoms with Crippen LogP contribution in [0.25, 0.3) is 0 Å². The summed E-state index contributed by atoms with van der Waals surface area (Å²) >= 11 is 0. The Balaban J connectivity index is 1.21. The van der Waals surface area contributed by atoms with E-state index in [0.717, 1.165) is 48.6 Å². The topological polar surface area (TPSA) is 76.0 Å². The lowest BCUT2D eigenvalue weighted by atomic mass is 10.0. The number of amides is 1. The number of benzene rings is 3. The first-order valence-corrected chi connectivity index (χ1v) is 12.8. The molecule has 6 nitrogen and oxygen atoms in total. The summed E-state index contributed by atoms with van der Waals surface area (Å²) in [4.78, 5) is 25.4. The first-order chi connectivity index (χ1) is 18.2. The van der Waals surface area contributed by atoms with Crippen LogP contribution in [0.4, 0.5) is 5.69 Å².